The van der Waals surface area contributed by atoms with E-state index in [0.717, 1.165) is 64.1 Å². The summed E-state index contributed by atoms with van der Waals surface area (Å²) >= 11 is 2.59. The molecule has 13 heteroatoms. The predicted molar refractivity (Wildman–Crippen MR) is 170 cm³/mol. The highest BCUT2D eigenvalue weighted by Gasteiger charge is 2.16. The van der Waals surface area contributed by atoms with Crippen molar-refractivity contribution < 1.29 is 4.79 Å². The number of aromatic nitrogens is 6. The normalized spacial score (nSPS) is 12.2. The van der Waals surface area contributed by atoms with Crippen molar-refractivity contribution >= 4 is 51.5 Å². The average Bonchev–Trinajstić information content (AvgIpc) is 3.73. The van der Waals surface area contributed by atoms with Gasteiger partial charge in [-0.15, -0.1) is 0 Å². The van der Waals surface area contributed by atoms with Gasteiger partial charge in [-0.3, -0.25) is 23.9 Å². The van der Waals surface area contributed by atoms with E-state index in [-0.39, 0.29) is 12.5 Å². The summed E-state index contributed by atoms with van der Waals surface area (Å²) < 4.78 is 8.29. The van der Waals surface area contributed by atoms with Crippen LogP contribution in [0.5, 0.6) is 0 Å². The number of fused-ring (bicyclic) bond motifs is 1. The Bertz CT molecular complexity index is 1640. The van der Waals surface area contributed by atoms with Crippen molar-refractivity contribution in [1.29, 1.82) is 0 Å². The third kappa shape index (κ3) is 7.16. The molecule has 0 spiro atoms. The lowest BCUT2D eigenvalue weighted by Gasteiger charge is -2.22. The van der Waals surface area contributed by atoms with Crippen LogP contribution in [0.4, 0.5) is 16.5 Å². The predicted octanol–water partition coefficient (Wildman–Crippen LogP) is 5.57. The molecule has 1 amide bonds. The minimum absolute atomic E-state index is 0.0814. The number of nitrogens with two attached hydrogens (primary N) is 1. The first-order valence-electron chi connectivity index (χ1n) is 13.9. The monoisotopic (exact) mass is 604 g/mol. The van der Waals surface area contributed by atoms with E-state index in [1.165, 1.54) is 18.0 Å². The molecule has 4 aromatic heterocycles. The van der Waals surface area contributed by atoms with E-state index in [2.05, 4.69) is 56.8 Å². The van der Waals surface area contributed by atoms with Crippen LogP contribution in [0.2, 0.25) is 0 Å². The van der Waals surface area contributed by atoms with Crippen molar-refractivity contribution in [2.45, 2.75) is 52.1 Å². The molecular formula is C29H36N10OS2. The van der Waals surface area contributed by atoms with Gasteiger partial charge in [0.15, 0.2) is 11.5 Å². The number of carbonyl (C=O) groups is 1. The molecule has 4 N–H and O–H groups in total. The van der Waals surface area contributed by atoms with Crippen molar-refractivity contribution in [3.63, 3.8) is 0 Å². The molecule has 4 heterocycles. The largest absolute Gasteiger partial charge is 0.328 e. The number of carbonyl (C=O) groups excluding carboxylic acids is 1. The number of benzene rings is 1. The first-order chi connectivity index (χ1) is 20.3. The molecule has 42 heavy (non-hydrogen) atoms. The number of rotatable bonds is 13. The summed E-state index contributed by atoms with van der Waals surface area (Å²) in [5, 5.41) is 17.2. The number of hydrogen-bond acceptors (Lipinski definition) is 10. The van der Waals surface area contributed by atoms with Crippen LogP contribution in [0, 0.1) is 12.8 Å². The van der Waals surface area contributed by atoms with Crippen LogP contribution in [0.15, 0.2) is 60.0 Å². The number of amides is 1. The SMILES string of the molecule is CCC(C)CN(CC)Cc1cc(Nc2nc(C)cn3c(-c4cnn(CC(=O)Nc5ccc(SN)cc5)c4)cnc23)sn1. The van der Waals surface area contributed by atoms with Crippen molar-refractivity contribution in [3.05, 3.63) is 66.5 Å². The van der Waals surface area contributed by atoms with Crippen LogP contribution < -0.4 is 15.8 Å². The first kappa shape index (κ1) is 29.7. The van der Waals surface area contributed by atoms with Gasteiger partial charge >= 0.3 is 0 Å². The second kappa shape index (κ2) is 13.5. The molecule has 0 saturated carbocycles. The van der Waals surface area contributed by atoms with Crippen molar-refractivity contribution in [3.8, 4) is 11.3 Å². The van der Waals surface area contributed by atoms with E-state index in [9.17, 15) is 4.79 Å². The summed E-state index contributed by atoms with van der Waals surface area (Å²) in [7, 11) is 0. The van der Waals surface area contributed by atoms with Gasteiger partial charge in [0.1, 0.15) is 11.5 Å². The summed E-state index contributed by atoms with van der Waals surface area (Å²) in [5.74, 6) is 1.14. The van der Waals surface area contributed by atoms with Gasteiger partial charge < -0.3 is 10.6 Å². The zero-order valence-electron chi connectivity index (χ0n) is 24.2. The third-order valence-electron chi connectivity index (χ3n) is 7.02. The Morgan fingerprint density at radius 2 is 2.00 bits per heavy atom. The topological polar surface area (TPSA) is 131 Å². The van der Waals surface area contributed by atoms with Gasteiger partial charge in [-0.1, -0.05) is 27.2 Å². The Morgan fingerprint density at radius 1 is 1.19 bits per heavy atom. The van der Waals surface area contributed by atoms with E-state index in [0.29, 0.717) is 23.1 Å². The average molecular weight is 605 g/mol. The molecule has 0 aliphatic rings. The molecule has 0 saturated heterocycles. The van der Waals surface area contributed by atoms with Gasteiger partial charge in [-0.25, -0.2) is 9.97 Å². The van der Waals surface area contributed by atoms with Gasteiger partial charge in [0.25, 0.3) is 0 Å². The zero-order chi connectivity index (χ0) is 29.6. The van der Waals surface area contributed by atoms with E-state index in [1.54, 1.807) is 17.1 Å². The number of imidazole rings is 1. The molecule has 5 rings (SSSR count). The lowest BCUT2D eigenvalue weighted by atomic mass is 10.1. The molecule has 0 aliphatic heterocycles. The van der Waals surface area contributed by atoms with Crippen LogP contribution in [0.1, 0.15) is 38.6 Å². The minimum Gasteiger partial charge on any atom is -0.328 e. The number of nitrogens with zero attached hydrogens (tertiary/aromatic N) is 7. The fourth-order valence-electron chi connectivity index (χ4n) is 4.62. The summed E-state index contributed by atoms with van der Waals surface area (Å²) in [6.45, 7) is 11.6. The molecule has 1 unspecified atom stereocenters. The quantitative estimate of drug-likeness (QED) is 0.148. The van der Waals surface area contributed by atoms with Crippen LogP contribution in [-0.2, 0) is 17.9 Å². The maximum absolute atomic E-state index is 12.6. The molecule has 0 fully saturated rings. The highest BCUT2D eigenvalue weighted by atomic mass is 32.2. The Hall–Kier alpha value is -3.78. The third-order valence-corrected chi connectivity index (χ3v) is 8.31. The molecule has 0 aliphatic carbocycles. The Labute approximate surface area is 253 Å². The Morgan fingerprint density at radius 3 is 2.74 bits per heavy atom. The lowest BCUT2D eigenvalue weighted by Crippen LogP contribution is -2.27. The highest BCUT2D eigenvalue weighted by molar-refractivity contribution is 7.97. The van der Waals surface area contributed by atoms with E-state index in [1.807, 2.05) is 48.0 Å². The molecule has 0 radical (unpaired) electrons. The number of hydrogen-bond donors (Lipinski definition) is 3. The van der Waals surface area contributed by atoms with Gasteiger partial charge in [0.05, 0.1) is 29.5 Å². The molecular weight excluding hydrogens is 569 g/mol. The zero-order valence-corrected chi connectivity index (χ0v) is 25.9. The van der Waals surface area contributed by atoms with E-state index < -0.39 is 0 Å². The first-order valence-corrected chi connectivity index (χ1v) is 15.6. The smallest absolute Gasteiger partial charge is 0.246 e. The molecule has 220 valence electrons. The second-order valence-electron chi connectivity index (χ2n) is 10.3. The lowest BCUT2D eigenvalue weighted by molar-refractivity contribution is -0.116. The number of aryl methyl sites for hydroxylation is 1. The van der Waals surface area contributed by atoms with Crippen molar-refractivity contribution in [2.75, 3.05) is 23.7 Å². The highest BCUT2D eigenvalue weighted by Crippen LogP contribution is 2.28. The van der Waals surface area contributed by atoms with E-state index in [4.69, 9.17) is 10.1 Å². The minimum atomic E-state index is -0.173. The van der Waals surface area contributed by atoms with Gasteiger partial charge in [0, 0.05) is 41.6 Å². The molecule has 11 nitrogen and oxygen atoms in total. The summed E-state index contributed by atoms with van der Waals surface area (Å²) in [5.41, 5.74) is 4.98. The number of anilines is 3. The van der Waals surface area contributed by atoms with Gasteiger partial charge in [0.2, 0.25) is 5.91 Å². The fraction of sp³-hybridized carbons (Fsp3) is 0.345. The van der Waals surface area contributed by atoms with E-state index >= 15 is 0 Å². The number of nitrogens with one attached hydrogen (secondary N) is 2. The molecule has 1 aromatic carbocycles. The molecule has 1 atom stereocenters. The van der Waals surface area contributed by atoms with Crippen LogP contribution in [0.25, 0.3) is 16.9 Å². The Balaban J connectivity index is 1.28. The Kier molecular flexibility index (Phi) is 9.52. The maximum Gasteiger partial charge on any atom is 0.246 e. The summed E-state index contributed by atoms with van der Waals surface area (Å²) in [6, 6.07) is 9.46. The summed E-state index contributed by atoms with van der Waals surface area (Å²) in [4.78, 5) is 25.4. The van der Waals surface area contributed by atoms with Crippen LogP contribution in [-0.4, -0.2) is 52.4 Å². The van der Waals surface area contributed by atoms with Crippen molar-refractivity contribution in [2.24, 2.45) is 11.1 Å². The molecule has 5 aromatic rings. The standard InChI is InChI=1S/C29H36N10OS2/c1-5-19(3)14-37(6-2)17-23-11-27(42-36-23)35-28-29-31-13-25(39(29)15-20(4)33-28)21-12-32-38(16-21)18-26(40)34-22-7-9-24(41-30)10-8-22/h7-13,15-16,19H,5-6,14,17-18,30H2,1-4H3,(H,33,35)(H,34,40). The van der Waals surface area contributed by atoms with Gasteiger partial charge in [-0.05, 0) is 73.2 Å². The van der Waals surface area contributed by atoms with Crippen LogP contribution >= 0.6 is 23.5 Å². The van der Waals surface area contributed by atoms with Crippen molar-refractivity contribution in [1.82, 2.24) is 33.4 Å². The second-order valence-corrected chi connectivity index (χ2v) is 11.8. The molecule has 0 bridgehead atoms. The summed E-state index contributed by atoms with van der Waals surface area (Å²) in [6.07, 6.45) is 8.49. The van der Waals surface area contributed by atoms with Gasteiger partial charge in [-0.2, -0.15) is 9.47 Å². The van der Waals surface area contributed by atoms with Crippen LogP contribution in [0.3, 0.4) is 0 Å². The fourth-order valence-corrected chi connectivity index (χ4v) is 5.57. The maximum atomic E-state index is 12.6.